The second-order valence-electron chi connectivity index (χ2n) is 3.53. The standard InChI is InChI=1S/C12H22O6S/c1-3-16-12(17-4-2)9-18-11(15)6-8-19-7-5-10(13)14/h12H,3-9H2,1-2H3,(H,13,14). The molecule has 0 heterocycles. The molecule has 19 heavy (non-hydrogen) atoms. The molecule has 0 amide bonds. The molecule has 6 nitrogen and oxygen atoms in total. The van der Waals surface area contributed by atoms with Crippen LogP contribution in [0.3, 0.4) is 0 Å². The van der Waals surface area contributed by atoms with E-state index in [1.807, 2.05) is 13.8 Å². The molecule has 0 radical (unpaired) electrons. The molecule has 1 N–H and O–H groups in total. The SMILES string of the molecule is CCOC(COC(=O)CCSCCC(=O)O)OCC. The summed E-state index contributed by atoms with van der Waals surface area (Å²) in [6.45, 7) is 4.75. The molecular formula is C12H22O6S. The molecule has 0 spiro atoms. The molecule has 0 fully saturated rings. The van der Waals surface area contributed by atoms with Crippen LogP contribution < -0.4 is 0 Å². The van der Waals surface area contributed by atoms with E-state index in [9.17, 15) is 9.59 Å². The van der Waals surface area contributed by atoms with Crippen molar-refractivity contribution in [1.29, 1.82) is 0 Å². The van der Waals surface area contributed by atoms with Crippen molar-refractivity contribution in [2.24, 2.45) is 0 Å². The lowest BCUT2D eigenvalue weighted by Gasteiger charge is -2.16. The van der Waals surface area contributed by atoms with Gasteiger partial charge in [-0.1, -0.05) is 0 Å². The second-order valence-corrected chi connectivity index (χ2v) is 4.75. The highest BCUT2D eigenvalue weighted by atomic mass is 32.2. The predicted molar refractivity (Wildman–Crippen MR) is 72.2 cm³/mol. The molecule has 0 aromatic heterocycles. The number of carbonyl (C=O) groups is 2. The highest BCUT2D eigenvalue weighted by molar-refractivity contribution is 7.99. The number of ether oxygens (including phenoxy) is 3. The van der Waals surface area contributed by atoms with Crippen LogP contribution in [-0.4, -0.2) is 54.7 Å². The van der Waals surface area contributed by atoms with Gasteiger partial charge in [-0.2, -0.15) is 11.8 Å². The van der Waals surface area contributed by atoms with Crippen molar-refractivity contribution in [3.63, 3.8) is 0 Å². The van der Waals surface area contributed by atoms with E-state index < -0.39 is 12.3 Å². The van der Waals surface area contributed by atoms with Gasteiger partial charge < -0.3 is 19.3 Å². The smallest absolute Gasteiger partial charge is 0.306 e. The second kappa shape index (κ2) is 12.3. The fourth-order valence-corrected chi connectivity index (χ4v) is 2.00. The minimum Gasteiger partial charge on any atom is -0.481 e. The van der Waals surface area contributed by atoms with Crippen LogP contribution in [0, 0.1) is 0 Å². The first-order valence-corrected chi connectivity index (χ1v) is 7.44. The molecule has 0 rings (SSSR count). The van der Waals surface area contributed by atoms with Crippen molar-refractivity contribution in [1.82, 2.24) is 0 Å². The zero-order valence-corrected chi connectivity index (χ0v) is 12.2. The third kappa shape index (κ3) is 12.0. The Morgan fingerprint density at radius 3 is 2.21 bits per heavy atom. The molecule has 112 valence electrons. The van der Waals surface area contributed by atoms with Crippen molar-refractivity contribution in [3.05, 3.63) is 0 Å². The van der Waals surface area contributed by atoms with E-state index in [2.05, 4.69) is 0 Å². The zero-order chi connectivity index (χ0) is 14.5. The summed E-state index contributed by atoms with van der Waals surface area (Å²) >= 11 is 1.42. The number of hydrogen-bond acceptors (Lipinski definition) is 6. The van der Waals surface area contributed by atoms with Gasteiger partial charge in [0, 0.05) is 24.7 Å². The van der Waals surface area contributed by atoms with Gasteiger partial charge in [0.25, 0.3) is 0 Å². The van der Waals surface area contributed by atoms with Gasteiger partial charge in [0.15, 0.2) is 6.29 Å². The van der Waals surface area contributed by atoms with Gasteiger partial charge in [-0.25, -0.2) is 0 Å². The largest absolute Gasteiger partial charge is 0.481 e. The average Bonchev–Trinajstić information content (AvgIpc) is 2.35. The van der Waals surface area contributed by atoms with Crippen LogP contribution in [-0.2, 0) is 23.8 Å². The number of esters is 1. The minimum atomic E-state index is -0.827. The van der Waals surface area contributed by atoms with E-state index in [-0.39, 0.29) is 25.4 Å². The molecular weight excluding hydrogens is 272 g/mol. The number of thioether (sulfide) groups is 1. The van der Waals surface area contributed by atoms with Crippen molar-refractivity contribution in [3.8, 4) is 0 Å². The van der Waals surface area contributed by atoms with Gasteiger partial charge in [-0.3, -0.25) is 9.59 Å². The van der Waals surface area contributed by atoms with E-state index in [0.29, 0.717) is 24.7 Å². The summed E-state index contributed by atoms with van der Waals surface area (Å²) in [5.41, 5.74) is 0. The molecule has 0 aliphatic heterocycles. The molecule has 0 aromatic carbocycles. The molecule has 0 aliphatic rings. The summed E-state index contributed by atoms with van der Waals surface area (Å²) in [6.07, 6.45) is -0.148. The van der Waals surface area contributed by atoms with E-state index in [1.165, 1.54) is 11.8 Å². The Hall–Kier alpha value is -0.790. The Bertz CT molecular complexity index is 253. The molecule has 0 saturated carbocycles. The number of carboxylic acid groups (broad SMARTS) is 1. The maximum absolute atomic E-state index is 11.4. The van der Waals surface area contributed by atoms with Crippen LogP contribution in [0.25, 0.3) is 0 Å². The van der Waals surface area contributed by atoms with Crippen LogP contribution in [0.2, 0.25) is 0 Å². The first kappa shape index (κ1) is 18.2. The lowest BCUT2D eigenvalue weighted by molar-refractivity contribution is -0.179. The number of hydrogen-bond donors (Lipinski definition) is 1. The van der Waals surface area contributed by atoms with Gasteiger partial charge >= 0.3 is 11.9 Å². The normalized spacial score (nSPS) is 10.7. The molecule has 0 unspecified atom stereocenters. The van der Waals surface area contributed by atoms with Crippen LogP contribution in [0.1, 0.15) is 26.7 Å². The minimum absolute atomic E-state index is 0.0836. The van der Waals surface area contributed by atoms with Crippen LogP contribution in [0.5, 0.6) is 0 Å². The van der Waals surface area contributed by atoms with Crippen LogP contribution in [0.15, 0.2) is 0 Å². The van der Waals surface area contributed by atoms with E-state index >= 15 is 0 Å². The van der Waals surface area contributed by atoms with Crippen molar-refractivity contribution in [2.45, 2.75) is 33.0 Å². The van der Waals surface area contributed by atoms with Gasteiger partial charge in [0.1, 0.15) is 6.61 Å². The highest BCUT2D eigenvalue weighted by Gasteiger charge is 2.11. The van der Waals surface area contributed by atoms with E-state index in [1.54, 1.807) is 0 Å². The van der Waals surface area contributed by atoms with Gasteiger partial charge in [-0.05, 0) is 13.8 Å². The van der Waals surface area contributed by atoms with Crippen molar-refractivity contribution >= 4 is 23.7 Å². The lowest BCUT2D eigenvalue weighted by atomic mass is 10.5. The fourth-order valence-electron chi connectivity index (χ4n) is 1.17. The number of aliphatic carboxylic acids is 1. The summed E-state index contributed by atoms with van der Waals surface area (Å²) < 4.78 is 15.5. The summed E-state index contributed by atoms with van der Waals surface area (Å²) in [7, 11) is 0. The van der Waals surface area contributed by atoms with Gasteiger partial charge in [-0.15, -0.1) is 0 Å². The van der Waals surface area contributed by atoms with E-state index in [0.717, 1.165) is 0 Å². The van der Waals surface area contributed by atoms with Crippen LogP contribution >= 0.6 is 11.8 Å². The molecule has 0 aromatic rings. The molecule has 7 heteroatoms. The third-order valence-electron chi connectivity index (χ3n) is 2.00. The molecule has 0 aliphatic carbocycles. The maximum atomic E-state index is 11.4. The Morgan fingerprint density at radius 2 is 1.68 bits per heavy atom. The van der Waals surface area contributed by atoms with Gasteiger partial charge in [0.2, 0.25) is 0 Å². The number of carboxylic acids is 1. The Kier molecular flexibility index (Phi) is 11.7. The van der Waals surface area contributed by atoms with Crippen molar-refractivity contribution < 1.29 is 28.9 Å². The summed E-state index contributed by atoms with van der Waals surface area (Å²) in [6, 6.07) is 0. The predicted octanol–water partition coefficient (Wildman–Crippen LogP) is 1.53. The summed E-state index contributed by atoms with van der Waals surface area (Å²) in [5.74, 6) is -0.0954. The van der Waals surface area contributed by atoms with Crippen LogP contribution in [0.4, 0.5) is 0 Å². The Balaban J connectivity index is 3.58. The highest BCUT2D eigenvalue weighted by Crippen LogP contribution is 2.06. The third-order valence-corrected chi connectivity index (χ3v) is 2.98. The number of rotatable bonds is 12. The lowest BCUT2D eigenvalue weighted by Crippen LogP contribution is -2.25. The molecule has 0 bridgehead atoms. The summed E-state index contributed by atoms with van der Waals surface area (Å²) in [4.78, 5) is 21.7. The topological polar surface area (TPSA) is 82.1 Å². The maximum Gasteiger partial charge on any atom is 0.306 e. The number of carbonyl (C=O) groups excluding carboxylic acids is 1. The Morgan fingerprint density at radius 1 is 1.11 bits per heavy atom. The molecule has 0 atom stereocenters. The summed E-state index contributed by atoms with van der Waals surface area (Å²) in [5, 5.41) is 8.44. The quantitative estimate of drug-likeness (QED) is 0.332. The van der Waals surface area contributed by atoms with Gasteiger partial charge in [0.05, 0.1) is 12.8 Å². The van der Waals surface area contributed by atoms with Crippen molar-refractivity contribution in [2.75, 3.05) is 31.3 Å². The zero-order valence-electron chi connectivity index (χ0n) is 11.4. The van der Waals surface area contributed by atoms with E-state index in [4.69, 9.17) is 19.3 Å². The fraction of sp³-hybridized carbons (Fsp3) is 0.833. The Labute approximate surface area is 117 Å². The first-order valence-electron chi connectivity index (χ1n) is 6.28. The first-order chi connectivity index (χ1) is 9.10. The monoisotopic (exact) mass is 294 g/mol. The molecule has 0 saturated heterocycles. The average molecular weight is 294 g/mol.